The number of sulfonamides is 1. The van der Waals surface area contributed by atoms with Gasteiger partial charge in [-0.15, -0.1) is 0 Å². The zero-order chi connectivity index (χ0) is 24.9. The molecule has 1 aliphatic heterocycles. The Labute approximate surface area is 212 Å². The Hall–Kier alpha value is -2.46. The highest BCUT2D eigenvalue weighted by Crippen LogP contribution is 2.39. The molecule has 4 aromatic rings. The summed E-state index contributed by atoms with van der Waals surface area (Å²) in [7, 11) is -3.17. The third kappa shape index (κ3) is 4.58. The number of aromatic nitrogens is 4. The van der Waals surface area contributed by atoms with Crippen LogP contribution in [0.4, 0.5) is 4.39 Å². The Kier molecular flexibility index (Phi) is 6.37. The molecule has 0 spiro atoms. The van der Waals surface area contributed by atoms with Gasteiger partial charge in [0.2, 0.25) is 10.0 Å². The van der Waals surface area contributed by atoms with Gasteiger partial charge in [0, 0.05) is 59.1 Å². The third-order valence-electron chi connectivity index (χ3n) is 6.74. The highest BCUT2D eigenvalue weighted by Gasteiger charge is 2.26. The number of piperidine rings is 1. The molecule has 1 atom stereocenters. The van der Waals surface area contributed by atoms with Crippen molar-refractivity contribution in [3.05, 3.63) is 70.0 Å². The van der Waals surface area contributed by atoms with E-state index in [1.807, 2.05) is 30.1 Å². The maximum atomic E-state index is 14.1. The molecule has 0 unspecified atom stereocenters. The summed E-state index contributed by atoms with van der Waals surface area (Å²) in [6.07, 6.45) is 10.1. The first-order chi connectivity index (χ1) is 16.6. The monoisotopic (exact) mass is 535 g/mol. The van der Waals surface area contributed by atoms with Gasteiger partial charge >= 0.3 is 0 Å². The predicted octanol–water partition coefficient (Wildman–Crippen LogP) is 5.62. The SMILES string of the molecule is C[C@H](c1c(Cl)ccc(F)c1Cl)c1c[nH]c2ncc(-c3cnn(C4CCN(S(C)(=O)=O)CC4)c3)cc12. The second-order valence-electron chi connectivity index (χ2n) is 8.94. The Balaban J connectivity index is 1.43. The number of fused-ring (bicyclic) bond motifs is 1. The van der Waals surface area contributed by atoms with Crippen LogP contribution in [0.15, 0.2) is 43.0 Å². The molecule has 1 aromatic carbocycles. The fraction of sp³-hybridized carbons (Fsp3) is 0.333. The maximum absolute atomic E-state index is 14.1. The van der Waals surface area contributed by atoms with Crippen LogP contribution in [0.3, 0.4) is 0 Å². The number of nitrogens with one attached hydrogen (secondary N) is 1. The molecule has 0 radical (unpaired) electrons. The third-order valence-corrected chi connectivity index (χ3v) is 8.76. The molecule has 184 valence electrons. The van der Waals surface area contributed by atoms with E-state index < -0.39 is 15.8 Å². The average Bonchev–Trinajstić information content (AvgIpc) is 3.48. The highest BCUT2D eigenvalue weighted by molar-refractivity contribution is 7.88. The molecule has 3 aromatic heterocycles. The summed E-state index contributed by atoms with van der Waals surface area (Å²) < 4.78 is 41.1. The van der Waals surface area contributed by atoms with Gasteiger partial charge in [-0.2, -0.15) is 5.10 Å². The van der Waals surface area contributed by atoms with Gasteiger partial charge in [0.1, 0.15) is 11.5 Å². The second kappa shape index (κ2) is 9.20. The number of aromatic amines is 1. The van der Waals surface area contributed by atoms with Crippen LogP contribution in [-0.2, 0) is 10.0 Å². The van der Waals surface area contributed by atoms with E-state index in [0.717, 1.165) is 22.1 Å². The molecule has 1 aliphatic rings. The van der Waals surface area contributed by atoms with Crippen molar-refractivity contribution in [2.24, 2.45) is 0 Å². The fourth-order valence-electron chi connectivity index (χ4n) is 4.76. The van der Waals surface area contributed by atoms with Crippen molar-refractivity contribution < 1.29 is 12.8 Å². The number of nitrogens with zero attached hydrogens (tertiary/aromatic N) is 4. The van der Waals surface area contributed by atoms with Crippen molar-refractivity contribution in [1.82, 2.24) is 24.1 Å². The largest absolute Gasteiger partial charge is 0.346 e. The highest BCUT2D eigenvalue weighted by atomic mass is 35.5. The van der Waals surface area contributed by atoms with E-state index in [0.29, 0.717) is 42.2 Å². The normalized spacial score (nSPS) is 16.7. The molecular weight excluding hydrogens is 512 g/mol. The summed E-state index contributed by atoms with van der Waals surface area (Å²) in [5.74, 6) is -0.773. The van der Waals surface area contributed by atoms with E-state index in [2.05, 4.69) is 15.1 Å². The smallest absolute Gasteiger partial charge is 0.211 e. The molecule has 11 heteroatoms. The molecule has 0 bridgehead atoms. The van der Waals surface area contributed by atoms with E-state index in [1.165, 1.54) is 22.7 Å². The number of halogens is 3. The lowest BCUT2D eigenvalue weighted by Gasteiger charge is -2.30. The van der Waals surface area contributed by atoms with Gasteiger partial charge in [0.25, 0.3) is 0 Å². The molecule has 5 rings (SSSR count). The van der Waals surface area contributed by atoms with Crippen molar-refractivity contribution in [1.29, 1.82) is 0 Å². The van der Waals surface area contributed by atoms with Gasteiger partial charge in [-0.1, -0.05) is 30.1 Å². The predicted molar refractivity (Wildman–Crippen MR) is 136 cm³/mol. The van der Waals surface area contributed by atoms with Crippen LogP contribution >= 0.6 is 23.2 Å². The molecule has 35 heavy (non-hydrogen) atoms. The zero-order valence-corrected chi connectivity index (χ0v) is 21.5. The van der Waals surface area contributed by atoms with Crippen LogP contribution in [0, 0.1) is 5.82 Å². The van der Waals surface area contributed by atoms with E-state index in [1.54, 1.807) is 12.4 Å². The van der Waals surface area contributed by atoms with Crippen LogP contribution in [0.5, 0.6) is 0 Å². The Bertz CT molecular complexity index is 1510. The molecule has 0 amide bonds. The first-order valence-electron chi connectivity index (χ1n) is 11.2. The van der Waals surface area contributed by atoms with E-state index >= 15 is 0 Å². The Morgan fingerprint density at radius 1 is 1.17 bits per heavy atom. The second-order valence-corrected chi connectivity index (χ2v) is 11.7. The lowest BCUT2D eigenvalue weighted by Crippen LogP contribution is -2.38. The molecular formula is C24H24Cl2FN5O2S. The van der Waals surface area contributed by atoms with E-state index in [-0.39, 0.29) is 17.0 Å². The summed E-state index contributed by atoms with van der Waals surface area (Å²) in [5.41, 5.74) is 3.95. The molecule has 1 saturated heterocycles. The Morgan fingerprint density at radius 3 is 2.63 bits per heavy atom. The van der Waals surface area contributed by atoms with Crippen LogP contribution in [0.2, 0.25) is 10.0 Å². The van der Waals surface area contributed by atoms with Crippen LogP contribution in [0.1, 0.15) is 42.9 Å². The van der Waals surface area contributed by atoms with E-state index in [9.17, 15) is 12.8 Å². The lowest BCUT2D eigenvalue weighted by molar-refractivity contribution is 0.262. The minimum absolute atomic E-state index is 0.0201. The summed E-state index contributed by atoms with van der Waals surface area (Å²) >= 11 is 12.6. The number of pyridine rings is 1. The number of hydrogen-bond donors (Lipinski definition) is 1. The Morgan fingerprint density at radius 2 is 1.91 bits per heavy atom. The van der Waals surface area contributed by atoms with Crippen molar-refractivity contribution in [2.75, 3.05) is 19.3 Å². The first kappa shape index (κ1) is 24.2. The number of benzene rings is 1. The van der Waals surface area contributed by atoms with Crippen LogP contribution < -0.4 is 0 Å². The minimum atomic E-state index is -3.17. The van der Waals surface area contributed by atoms with Gasteiger partial charge in [0.05, 0.1) is 23.5 Å². The molecule has 1 fully saturated rings. The fourth-order valence-corrected chi connectivity index (χ4v) is 6.33. The first-order valence-corrected chi connectivity index (χ1v) is 13.8. The van der Waals surface area contributed by atoms with E-state index in [4.69, 9.17) is 23.2 Å². The minimum Gasteiger partial charge on any atom is -0.346 e. The maximum Gasteiger partial charge on any atom is 0.211 e. The van der Waals surface area contributed by atoms with Gasteiger partial charge < -0.3 is 4.98 Å². The van der Waals surface area contributed by atoms with Crippen LogP contribution in [-0.4, -0.2) is 51.8 Å². The lowest BCUT2D eigenvalue weighted by atomic mass is 9.92. The van der Waals surface area contributed by atoms with Crippen molar-refractivity contribution >= 4 is 44.3 Å². The summed E-state index contributed by atoms with van der Waals surface area (Å²) in [4.78, 5) is 7.75. The van der Waals surface area contributed by atoms with Crippen LogP contribution in [0.25, 0.3) is 22.2 Å². The van der Waals surface area contributed by atoms with Gasteiger partial charge in [-0.3, -0.25) is 4.68 Å². The van der Waals surface area contributed by atoms with Crippen molar-refractivity contribution in [3.63, 3.8) is 0 Å². The van der Waals surface area contributed by atoms with Gasteiger partial charge in [0.15, 0.2) is 0 Å². The van der Waals surface area contributed by atoms with Gasteiger partial charge in [-0.05, 0) is 42.2 Å². The van der Waals surface area contributed by atoms with Gasteiger partial charge in [-0.25, -0.2) is 22.1 Å². The number of H-pyrrole nitrogens is 1. The number of hydrogen-bond acceptors (Lipinski definition) is 4. The van der Waals surface area contributed by atoms with Crippen molar-refractivity contribution in [2.45, 2.75) is 31.7 Å². The molecule has 4 heterocycles. The zero-order valence-electron chi connectivity index (χ0n) is 19.2. The summed E-state index contributed by atoms with van der Waals surface area (Å²) in [6, 6.07) is 4.94. The summed E-state index contributed by atoms with van der Waals surface area (Å²) in [5, 5.41) is 5.86. The number of rotatable bonds is 5. The molecule has 1 N–H and O–H groups in total. The average molecular weight is 536 g/mol. The standard InChI is InChI=1S/C24H24Cl2FN5O2S/c1-14(22-20(25)3-4-21(27)23(22)26)19-12-29-24-18(19)9-15(10-28-24)16-11-30-32(13-16)17-5-7-31(8-6-17)35(2,33)34/h3-4,9-14,17H,5-8H2,1-2H3,(H,28,29)/t14-/m0/s1. The van der Waals surface area contributed by atoms with Crippen molar-refractivity contribution in [3.8, 4) is 11.1 Å². The summed E-state index contributed by atoms with van der Waals surface area (Å²) in [6.45, 7) is 2.91. The quantitative estimate of drug-likeness (QED) is 0.336. The molecule has 7 nitrogen and oxygen atoms in total. The molecule has 0 aliphatic carbocycles. The topological polar surface area (TPSA) is 83.9 Å². The molecule has 0 saturated carbocycles.